The van der Waals surface area contributed by atoms with Crippen molar-refractivity contribution in [3.8, 4) is 17.3 Å². The van der Waals surface area contributed by atoms with Gasteiger partial charge in [-0.25, -0.2) is 0 Å². The number of amides is 1. The topological polar surface area (TPSA) is 81.4 Å². The first-order valence-electron chi connectivity index (χ1n) is 9.44. The van der Waals surface area contributed by atoms with Gasteiger partial charge in [-0.15, -0.1) is 11.3 Å². The van der Waals surface area contributed by atoms with Gasteiger partial charge in [0.25, 0.3) is 0 Å². The van der Waals surface area contributed by atoms with Crippen LogP contribution in [-0.4, -0.2) is 28.1 Å². The van der Waals surface area contributed by atoms with Gasteiger partial charge in [-0.2, -0.15) is 4.98 Å². The number of nitrogens with zero attached hydrogens (tertiary/aromatic N) is 4. The van der Waals surface area contributed by atoms with E-state index < -0.39 is 0 Å². The standard InChI is InChI=1S/C22H20N4O3S/c1-28-17-9-7-16(8-10-17)26(15-18-5-4-14-30-18)21(27)12-11-20-24-22(25-29-20)19-6-2-3-13-23-19/h2-10,13-14H,11-12,15H2,1H3. The van der Waals surface area contributed by atoms with Crippen molar-refractivity contribution in [3.05, 3.63) is 76.9 Å². The number of ether oxygens (including phenoxy) is 1. The van der Waals surface area contributed by atoms with E-state index in [0.29, 0.717) is 30.4 Å². The first-order chi connectivity index (χ1) is 14.7. The van der Waals surface area contributed by atoms with Crippen LogP contribution in [0.1, 0.15) is 17.2 Å². The number of thiophene rings is 1. The second kappa shape index (κ2) is 9.32. The Balaban J connectivity index is 1.47. The van der Waals surface area contributed by atoms with Crippen molar-refractivity contribution in [2.24, 2.45) is 0 Å². The summed E-state index contributed by atoms with van der Waals surface area (Å²) in [5, 5.41) is 5.97. The van der Waals surface area contributed by atoms with Crippen molar-refractivity contribution in [2.45, 2.75) is 19.4 Å². The number of aryl methyl sites for hydroxylation is 1. The Kier molecular flexibility index (Phi) is 6.14. The van der Waals surface area contributed by atoms with E-state index in [1.807, 2.05) is 60.0 Å². The summed E-state index contributed by atoms with van der Waals surface area (Å²) in [7, 11) is 1.62. The van der Waals surface area contributed by atoms with Crippen molar-refractivity contribution in [1.29, 1.82) is 0 Å². The van der Waals surface area contributed by atoms with Crippen LogP contribution in [0.5, 0.6) is 5.75 Å². The molecule has 0 saturated heterocycles. The molecule has 0 unspecified atom stereocenters. The highest BCUT2D eigenvalue weighted by Crippen LogP contribution is 2.24. The number of benzene rings is 1. The zero-order chi connectivity index (χ0) is 20.8. The molecule has 3 aromatic heterocycles. The van der Waals surface area contributed by atoms with E-state index in [1.54, 1.807) is 29.5 Å². The van der Waals surface area contributed by atoms with Crippen LogP contribution in [0.2, 0.25) is 0 Å². The molecular formula is C22H20N4O3S. The van der Waals surface area contributed by atoms with E-state index in [0.717, 1.165) is 16.3 Å². The lowest BCUT2D eigenvalue weighted by Gasteiger charge is -2.22. The maximum atomic E-state index is 13.1. The minimum Gasteiger partial charge on any atom is -0.497 e. The summed E-state index contributed by atoms with van der Waals surface area (Å²) in [5.41, 5.74) is 1.45. The van der Waals surface area contributed by atoms with Crippen LogP contribution < -0.4 is 9.64 Å². The van der Waals surface area contributed by atoms with Gasteiger partial charge in [-0.05, 0) is 47.8 Å². The van der Waals surface area contributed by atoms with E-state index in [9.17, 15) is 4.79 Å². The summed E-state index contributed by atoms with van der Waals surface area (Å²) >= 11 is 1.62. The van der Waals surface area contributed by atoms with Crippen LogP contribution in [0.4, 0.5) is 5.69 Å². The normalized spacial score (nSPS) is 10.7. The third-order valence-electron chi connectivity index (χ3n) is 4.49. The molecule has 152 valence electrons. The molecule has 0 aliphatic carbocycles. The molecule has 0 fully saturated rings. The van der Waals surface area contributed by atoms with Crippen molar-refractivity contribution < 1.29 is 14.1 Å². The molecule has 4 aromatic rings. The Morgan fingerprint density at radius 1 is 1.13 bits per heavy atom. The molecule has 1 amide bonds. The highest BCUT2D eigenvalue weighted by molar-refractivity contribution is 7.09. The zero-order valence-corrected chi connectivity index (χ0v) is 17.2. The minimum atomic E-state index is -0.0221. The van der Waals surface area contributed by atoms with Gasteiger partial charge in [0.15, 0.2) is 0 Å². The zero-order valence-electron chi connectivity index (χ0n) is 16.4. The molecule has 0 N–H and O–H groups in total. The van der Waals surface area contributed by atoms with Crippen molar-refractivity contribution in [1.82, 2.24) is 15.1 Å². The minimum absolute atomic E-state index is 0.0221. The number of methoxy groups -OCH3 is 1. The average Bonchev–Trinajstić information content (AvgIpc) is 3.49. The molecule has 7 nitrogen and oxygen atoms in total. The first-order valence-corrected chi connectivity index (χ1v) is 10.3. The maximum Gasteiger partial charge on any atom is 0.227 e. The SMILES string of the molecule is COc1ccc(N(Cc2cccs2)C(=O)CCc2nc(-c3ccccn3)no2)cc1. The molecule has 0 spiro atoms. The fourth-order valence-electron chi connectivity index (χ4n) is 2.95. The summed E-state index contributed by atoms with van der Waals surface area (Å²) in [6.45, 7) is 0.506. The van der Waals surface area contributed by atoms with Crippen molar-refractivity contribution in [2.75, 3.05) is 12.0 Å². The molecule has 8 heteroatoms. The number of rotatable bonds is 8. The summed E-state index contributed by atoms with van der Waals surface area (Å²) in [4.78, 5) is 24.5. The number of carbonyl (C=O) groups excluding carboxylic acids is 1. The Hall–Kier alpha value is -3.52. The first kappa shape index (κ1) is 19.8. The Morgan fingerprint density at radius 3 is 2.70 bits per heavy atom. The predicted octanol–water partition coefficient (Wildman–Crippen LogP) is 4.37. The fourth-order valence-corrected chi connectivity index (χ4v) is 3.64. The van der Waals surface area contributed by atoms with Crippen LogP contribution in [0.3, 0.4) is 0 Å². The van der Waals surface area contributed by atoms with Gasteiger partial charge in [0.2, 0.25) is 17.6 Å². The van der Waals surface area contributed by atoms with E-state index in [2.05, 4.69) is 15.1 Å². The van der Waals surface area contributed by atoms with E-state index in [1.165, 1.54) is 0 Å². The Labute approximate surface area is 178 Å². The molecule has 1 aromatic carbocycles. The Bertz CT molecular complexity index is 1080. The van der Waals surface area contributed by atoms with Gasteiger partial charge in [-0.3, -0.25) is 9.78 Å². The summed E-state index contributed by atoms with van der Waals surface area (Å²) in [6.07, 6.45) is 2.28. The highest BCUT2D eigenvalue weighted by atomic mass is 32.1. The number of hydrogen-bond donors (Lipinski definition) is 0. The van der Waals surface area contributed by atoms with Crippen molar-refractivity contribution >= 4 is 22.9 Å². The molecule has 0 atom stereocenters. The highest BCUT2D eigenvalue weighted by Gasteiger charge is 2.19. The predicted molar refractivity (Wildman–Crippen MR) is 114 cm³/mol. The lowest BCUT2D eigenvalue weighted by Crippen LogP contribution is -2.30. The van der Waals surface area contributed by atoms with Crippen LogP contribution in [0, 0.1) is 0 Å². The quantitative estimate of drug-likeness (QED) is 0.421. The number of carbonyl (C=O) groups is 1. The molecular weight excluding hydrogens is 400 g/mol. The fraction of sp³-hybridized carbons (Fsp3) is 0.182. The number of hydrogen-bond acceptors (Lipinski definition) is 7. The smallest absolute Gasteiger partial charge is 0.227 e. The maximum absolute atomic E-state index is 13.1. The van der Waals surface area contributed by atoms with Gasteiger partial charge >= 0.3 is 0 Å². The molecule has 0 saturated carbocycles. The molecule has 0 aliphatic rings. The third-order valence-corrected chi connectivity index (χ3v) is 5.36. The summed E-state index contributed by atoms with van der Waals surface area (Å²) in [6, 6.07) is 17.0. The van der Waals surface area contributed by atoms with Crippen molar-refractivity contribution in [3.63, 3.8) is 0 Å². The lowest BCUT2D eigenvalue weighted by molar-refractivity contribution is -0.118. The van der Waals surface area contributed by atoms with Gasteiger partial charge < -0.3 is 14.2 Å². The second-order valence-electron chi connectivity index (χ2n) is 6.48. The second-order valence-corrected chi connectivity index (χ2v) is 7.52. The number of anilines is 1. The van der Waals surface area contributed by atoms with Crippen LogP contribution in [0.25, 0.3) is 11.5 Å². The number of pyridine rings is 1. The molecule has 0 bridgehead atoms. The molecule has 30 heavy (non-hydrogen) atoms. The van der Waals surface area contributed by atoms with Crippen LogP contribution >= 0.6 is 11.3 Å². The van der Waals surface area contributed by atoms with Crippen LogP contribution in [-0.2, 0) is 17.8 Å². The van der Waals surface area contributed by atoms with E-state index >= 15 is 0 Å². The van der Waals surface area contributed by atoms with Gasteiger partial charge in [0.05, 0.1) is 13.7 Å². The largest absolute Gasteiger partial charge is 0.497 e. The van der Waals surface area contributed by atoms with Gasteiger partial charge in [0, 0.05) is 29.6 Å². The third kappa shape index (κ3) is 4.72. The van der Waals surface area contributed by atoms with Gasteiger partial charge in [0.1, 0.15) is 11.4 Å². The van der Waals surface area contributed by atoms with E-state index in [4.69, 9.17) is 9.26 Å². The summed E-state index contributed by atoms with van der Waals surface area (Å²) < 4.78 is 10.5. The van der Waals surface area contributed by atoms with Gasteiger partial charge in [-0.1, -0.05) is 17.3 Å². The number of aromatic nitrogens is 3. The van der Waals surface area contributed by atoms with E-state index in [-0.39, 0.29) is 12.3 Å². The monoisotopic (exact) mass is 420 g/mol. The Morgan fingerprint density at radius 2 is 2.00 bits per heavy atom. The molecule has 0 aliphatic heterocycles. The molecule has 0 radical (unpaired) electrons. The molecule has 3 heterocycles. The van der Waals surface area contributed by atoms with Crippen LogP contribution in [0.15, 0.2) is 70.7 Å². The lowest BCUT2D eigenvalue weighted by atomic mass is 10.2. The molecule has 4 rings (SSSR count). The average molecular weight is 420 g/mol. The summed E-state index contributed by atoms with van der Waals surface area (Å²) in [5.74, 6) is 1.56.